The third-order valence-electron chi connectivity index (χ3n) is 7.07. The van der Waals surface area contributed by atoms with Crippen LogP contribution in [0.4, 0.5) is 10.5 Å². The molecule has 0 bridgehead atoms. The van der Waals surface area contributed by atoms with Crippen LogP contribution in [0.15, 0.2) is 23.3 Å². The van der Waals surface area contributed by atoms with Crippen LogP contribution in [0.1, 0.15) is 78.9 Å². The normalized spacial score (nSPS) is 18.6. The number of anilines is 1. The van der Waals surface area contributed by atoms with Crippen LogP contribution < -0.4 is 32.0 Å². The lowest BCUT2D eigenvalue weighted by Crippen LogP contribution is -2.58. The van der Waals surface area contributed by atoms with Gasteiger partial charge >= 0.3 is 18.0 Å². The predicted molar refractivity (Wildman–Crippen MR) is 173 cm³/mol. The molecule has 2 aliphatic heterocycles. The highest BCUT2D eigenvalue weighted by Gasteiger charge is 2.45. The molecule has 3 rings (SSSR count). The molecule has 0 saturated heterocycles. The molecule has 6 N–H and O–H groups in total. The van der Waals surface area contributed by atoms with E-state index in [1.54, 1.807) is 47.6 Å². The first kappa shape index (κ1) is 37.4. The summed E-state index contributed by atoms with van der Waals surface area (Å²) in [5, 5.41) is 11.5. The number of hydrazone groups is 1. The lowest BCUT2D eigenvalue weighted by atomic mass is 10.0. The maximum absolute atomic E-state index is 14.1. The highest BCUT2D eigenvalue weighted by atomic mass is 16.6. The Balaban J connectivity index is 1.86. The van der Waals surface area contributed by atoms with Crippen LogP contribution >= 0.6 is 0 Å². The average Bonchev–Trinajstić information content (AvgIpc) is 3.26. The minimum atomic E-state index is -1.31. The van der Waals surface area contributed by atoms with Gasteiger partial charge in [0, 0.05) is 19.6 Å². The summed E-state index contributed by atoms with van der Waals surface area (Å²) in [6.07, 6.45) is 1.03. The molecule has 0 radical (unpaired) electrons. The van der Waals surface area contributed by atoms with Crippen LogP contribution in [0.3, 0.4) is 0 Å². The Hall–Kier alpha value is -5.02. The monoisotopic (exact) mass is 671 g/mol. The minimum absolute atomic E-state index is 0.143. The second-order valence-corrected chi connectivity index (χ2v) is 13.7. The van der Waals surface area contributed by atoms with Crippen molar-refractivity contribution in [2.24, 2.45) is 10.8 Å². The van der Waals surface area contributed by atoms with Gasteiger partial charge in [0.15, 0.2) is 0 Å². The highest BCUT2D eigenvalue weighted by molar-refractivity contribution is 6.08. The molecule has 1 aromatic rings. The molecular weight excluding hydrogens is 626 g/mol. The molecule has 0 aliphatic carbocycles. The van der Waals surface area contributed by atoms with E-state index in [1.165, 1.54) is 11.8 Å². The number of primary amides is 1. The molecule has 1 aromatic carbocycles. The van der Waals surface area contributed by atoms with Crippen molar-refractivity contribution in [3.05, 3.63) is 29.3 Å². The molecule has 262 valence electrons. The predicted octanol–water partition coefficient (Wildman–Crippen LogP) is 0.483. The third kappa shape index (κ3) is 10.8. The van der Waals surface area contributed by atoms with Crippen LogP contribution in [-0.2, 0) is 51.1 Å². The van der Waals surface area contributed by atoms with Gasteiger partial charge in [-0.25, -0.2) is 10.2 Å². The molecule has 0 spiro atoms. The maximum atomic E-state index is 14.1. The van der Waals surface area contributed by atoms with Gasteiger partial charge in [-0.2, -0.15) is 5.10 Å². The Morgan fingerprint density at radius 3 is 2.17 bits per heavy atom. The highest BCUT2D eigenvalue weighted by Crippen LogP contribution is 2.39. The van der Waals surface area contributed by atoms with Crippen molar-refractivity contribution < 1.29 is 43.0 Å². The lowest BCUT2D eigenvalue weighted by molar-refractivity contribution is -0.157. The molecule has 4 atom stereocenters. The first-order chi connectivity index (χ1) is 22.2. The zero-order valence-electron chi connectivity index (χ0n) is 28.3. The Bertz CT molecular complexity index is 1480. The summed E-state index contributed by atoms with van der Waals surface area (Å²) in [6.45, 7) is 11.3. The molecule has 16 nitrogen and oxygen atoms in total. The number of nitrogens with one attached hydrogen (secondary N) is 4. The number of amides is 6. The van der Waals surface area contributed by atoms with Crippen molar-refractivity contribution >= 4 is 53.5 Å². The molecule has 6 amide bonds. The number of carbonyl (C=O) groups excluding carboxylic acids is 7. The van der Waals surface area contributed by atoms with Gasteiger partial charge in [-0.15, -0.1) is 0 Å². The summed E-state index contributed by atoms with van der Waals surface area (Å²) < 4.78 is 10.7. The SMILES string of the molecule is CC(=O)N[C@@H](CC(=O)OC(C)(C)C)C(=O)N[C@H]1CCc2cccc3c2N(C1=O)[C@H](C(=O)N[C@H](/C=N/NC(N)=O)CC(=O)OC(C)(C)C)C3. The van der Waals surface area contributed by atoms with E-state index in [0.29, 0.717) is 12.1 Å². The molecule has 48 heavy (non-hydrogen) atoms. The Kier molecular flexibility index (Phi) is 11.9. The molecule has 2 heterocycles. The molecule has 2 aliphatic rings. The topological polar surface area (TPSA) is 228 Å². The Labute approximate surface area is 278 Å². The molecule has 16 heteroatoms. The van der Waals surface area contributed by atoms with E-state index < -0.39 is 83.4 Å². The summed E-state index contributed by atoms with van der Waals surface area (Å²) in [4.78, 5) is 90.9. The summed E-state index contributed by atoms with van der Waals surface area (Å²) in [6, 6.07) is -0.0520. The summed E-state index contributed by atoms with van der Waals surface area (Å²) in [7, 11) is 0. The standard InChI is InChI=1S/C32H45N7O9/c1-17(40)35-22(15-25(42)48-32(5,6)7)27(43)37-21-12-11-18-9-8-10-19-13-23(39(26(18)19)29(21)45)28(44)36-20(16-34-38-30(33)46)14-24(41)47-31(2,3)4/h8-10,16,20-23H,11-15H2,1-7H3,(H,35,40)(H,36,44)(H,37,43)(H3,33,38,46)/b34-16+/t20-,21-,22-,23-/m0/s1. The Morgan fingerprint density at radius 1 is 0.979 bits per heavy atom. The fourth-order valence-corrected chi connectivity index (χ4v) is 5.42. The van der Waals surface area contributed by atoms with E-state index in [2.05, 4.69) is 21.1 Å². The number of nitrogens with zero attached hydrogens (tertiary/aromatic N) is 2. The zero-order valence-corrected chi connectivity index (χ0v) is 28.3. The fraction of sp³-hybridized carbons (Fsp3) is 0.562. The number of nitrogens with two attached hydrogens (primary N) is 1. The number of urea groups is 1. The number of hydrogen-bond acceptors (Lipinski definition) is 10. The van der Waals surface area contributed by atoms with Gasteiger partial charge in [-0.05, 0) is 65.5 Å². The summed E-state index contributed by atoms with van der Waals surface area (Å²) in [5.74, 6) is -3.89. The first-order valence-electron chi connectivity index (χ1n) is 15.6. The van der Waals surface area contributed by atoms with E-state index in [9.17, 15) is 33.6 Å². The second-order valence-electron chi connectivity index (χ2n) is 13.7. The van der Waals surface area contributed by atoms with Gasteiger partial charge in [0.05, 0.1) is 24.6 Å². The maximum Gasteiger partial charge on any atom is 0.332 e. The number of ether oxygens (including phenoxy) is 2. The lowest BCUT2D eigenvalue weighted by Gasteiger charge is -2.29. The van der Waals surface area contributed by atoms with Crippen molar-refractivity contribution in [2.75, 3.05) is 4.90 Å². The van der Waals surface area contributed by atoms with Crippen molar-refractivity contribution in [1.82, 2.24) is 21.4 Å². The van der Waals surface area contributed by atoms with E-state index in [1.807, 2.05) is 17.6 Å². The van der Waals surface area contributed by atoms with E-state index >= 15 is 0 Å². The number of esters is 2. The van der Waals surface area contributed by atoms with Crippen LogP contribution in [0.5, 0.6) is 0 Å². The number of para-hydroxylation sites is 1. The van der Waals surface area contributed by atoms with Gasteiger partial charge in [0.2, 0.25) is 23.6 Å². The molecule has 0 fully saturated rings. The van der Waals surface area contributed by atoms with Gasteiger partial charge in [0.25, 0.3) is 0 Å². The number of aryl methyl sites for hydroxylation is 1. The van der Waals surface area contributed by atoms with E-state index in [-0.39, 0.29) is 19.3 Å². The number of carbonyl (C=O) groups is 7. The second kappa shape index (κ2) is 15.3. The van der Waals surface area contributed by atoms with Gasteiger partial charge in [0.1, 0.15) is 29.3 Å². The summed E-state index contributed by atoms with van der Waals surface area (Å²) >= 11 is 0. The number of rotatable bonds is 11. The molecule has 0 unspecified atom stereocenters. The van der Waals surface area contributed by atoms with Crippen LogP contribution in [0.25, 0.3) is 0 Å². The van der Waals surface area contributed by atoms with Crippen molar-refractivity contribution in [3.63, 3.8) is 0 Å². The van der Waals surface area contributed by atoms with Crippen LogP contribution in [0.2, 0.25) is 0 Å². The van der Waals surface area contributed by atoms with Crippen molar-refractivity contribution in [1.29, 1.82) is 0 Å². The van der Waals surface area contributed by atoms with Gasteiger partial charge in [-0.3, -0.25) is 33.7 Å². The van der Waals surface area contributed by atoms with Crippen molar-refractivity contribution in [3.8, 4) is 0 Å². The first-order valence-corrected chi connectivity index (χ1v) is 15.6. The molecule has 0 saturated carbocycles. The largest absolute Gasteiger partial charge is 0.460 e. The van der Waals surface area contributed by atoms with E-state index in [4.69, 9.17) is 15.2 Å². The number of benzene rings is 1. The minimum Gasteiger partial charge on any atom is -0.460 e. The van der Waals surface area contributed by atoms with Gasteiger partial charge < -0.3 is 31.2 Å². The quantitative estimate of drug-likeness (QED) is 0.125. The van der Waals surface area contributed by atoms with E-state index in [0.717, 1.165) is 17.3 Å². The van der Waals surface area contributed by atoms with Crippen LogP contribution in [0, 0.1) is 0 Å². The Morgan fingerprint density at radius 2 is 1.58 bits per heavy atom. The smallest absolute Gasteiger partial charge is 0.332 e. The van der Waals surface area contributed by atoms with Crippen molar-refractivity contribution in [2.45, 2.75) is 116 Å². The fourth-order valence-electron chi connectivity index (χ4n) is 5.42. The van der Waals surface area contributed by atoms with Crippen LogP contribution in [-0.4, -0.2) is 83.2 Å². The molecular formula is C32H45N7O9. The molecule has 0 aromatic heterocycles. The zero-order chi connectivity index (χ0) is 36.0. The number of hydrogen-bond donors (Lipinski definition) is 5. The third-order valence-corrected chi connectivity index (χ3v) is 7.07. The summed E-state index contributed by atoms with van der Waals surface area (Å²) in [5.41, 5.74) is 7.55. The average molecular weight is 672 g/mol. The van der Waals surface area contributed by atoms with Gasteiger partial charge in [-0.1, -0.05) is 18.2 Å².